The van der Waals surface area contributed by atoms with Gasteiger partial charge in [-0.3, -0.25) is 0 Å². The average molecular weight is 301 g/mol. The van der Waals surface area contributed by atoms with Crippen molar-refractivity contribution in [3.05, 3.63) is 11.9 Å². The molecule has 0 aromatic carbocycles. The van der Waals surface area contributed by atoms with Gasteiger partial charge in [0.15, 0.2) is 0 Å². The SMILES string of the molecule is CC(C)n1cc(CO[C@@H]2C[C@H](CO)[C@H](O)[C@H](O)[C@@H]2O)nn1. The van der Waals surface area contributed by atoms with Gasteiger partial charge < -0.3 is 25.2 Å². The van der Waals surface area contributed by atoms with Crippen LogP contribution < -0.4 is 0 Å². The van der Waals surface area contributed by atoms with E-state index >= 15 is 0 Å². The van der Waals surface area contributed by atoms with E-state index in [4.69, 9.17) is 4.74 Å². The first-order chi connectivity index (χ1) is 9.93. The summed E-state index contributed by atoms with van der Waals surface area (Å²) in [6.07, 6.45) is -2.30. The Morgan fingerprint density at radius 1 is 1.29 bits per heavy atom. The zero-order valence-corrected chi connectivity index (χ0v) is 12.2. The highest BCUT2D eigenvalue weighted by atomic mass is 16.5. The molecule has 2 rings (SSSR count). The lowest BCUT2D eigenvalue weighted by atomic mass is 9.81. The molecule has 4 N–H and O–H groups in total. The minimum absolute atomic E-state index is 0.148. The summed E-state index contributed by atoms with van der Waals surface area (Å²) in [5.41, 5.74) is 0.622. The molecular formula is C13H23N3O5. The van der Waals surface area contributed by atoms with Crippen molar-refractivity contribution in [2.45, 2.75) is 57.3 Å². The van der Waals surface area contributed by atoms with Crippen LogP contribution in [-0.2, 0) is 11.3 Å². The Morgan fingerprint density at radius 2 is 2.00 bits per heavy atom. The number of hydrogen-bond acceptors (Lipinski definition) is 7. The van der Waals surface area contributed by atoms with Crippen LogP contribution in [0.2, 0.25) is 0 Å². The van der Waals surface area contributed by atoms with Gasteiger partial charge in [0.2, 0.25) is 0 Å². The standard InChI is InChI=1S/C13H23N3O5/c1-7(2)16-4-9(14-15-16)6-21-10-3-8(5-17)11(18)13(20)12(10)19/h4,7-8,10-13,17-20H,3,5-6H2,1-2H3/t8-,10-,11+,12-,13+/m1/s1. The van der Waals surface area contributed by atoms with Crippen LogP contribution >= 0.6 is 0 Å². The summed E-state index contributed by atoms with van der Waals surface area (Å²) in [6.45, 7) is 3.84. The summed E-state index contributed by atoms with van der Waals surface area (Å²) < 4.78 is 7.28. The van der Waals surface area contributed by atoms with Crippen molar-refractivity contribution in [2.75, 3.05) is 6.61 Å². The van der Waals surface area contributed by atoms with Crippen molar-refractivity contribution in [1.29, 1.82) is 0 Å². The third-order valence-electron chi connectivity index (χ3n) is 3.87. The maximum absolute atomic E-state index is 9.93. The Balaban J connectivity index is 1.94. The smallest absolute Gasteiger partial charge is 0.109 e. The number of aromatic nitrogens is 3. The fourth-order valence-electron chi connectivity index (χ4n) is 2.45. The molecule has 1 aliphatic rings. The highest BCUT2D eigenvalue weighted by molar-refractivity contribution is 4.95. The first-order valence-corrected chi connectivity index (χ1v) is 7.11. The van der Waals surface area contributed by atoms with Crippen LogP contribution in [0.15, 0.2) is 6.20 Å². The zero-order chi connectivity index (χ0) is 15.6. The lowest BCUT2D eigenvalue weighted by Gasteiger charge is -2.39. The van der Waals surface area contributed by atoms with E-state index in [1.165, 1.54) is 0 Å². The molecule has 21 heavy (non-hydrogen) atoms. The second-order valence-corrected chi connectivity index (χ2v) is 5.78. The number of hydrogen-bond donors (Lipinski definition) is 4. The molecule has 1 fully saturated rings. The molecule has 1 aromatic rings. The molecule has 0 radical (unpaired) electrons. The zero-order valence-electron chi connectivity index (χ0n) is 12.2. The summed E-state index contributed by atoms with van der Waals surface area (Å²) >= 11 is 0. The number of aliphatic hydroxyl groups is 4. The Kier molecular flexibility index (Phi) is 5.28. The summed E-state index contributed by atoms with van der Waals surface area (Å²) in [5.74, 6) is -0.514. The summed E-state index contributed by atoms with van der Waals surface area (Å²) in [5, 5.41) is 46.5. The molecule has 1 heterocycles. The highest BCUT2D eigenvalue weighted by Gasteiger charge is 2.42. The molecule has 120 valence electrons. The molecule has 0 spiro atoms. The van der Waals surface area contributed by atoms with Crippen molar-refractivity contribution in [3.8, 4) is 0 Å². The average Bonchev–Trinajstić information content (AvgIpc) is 2.93. The van der Waals surface area contributed by atoms with Crippen molar-refractivity contribution in [3.63, 3.8) is 0 Å². The van der Waals surface area contributed by atoms with Gasteiger partial charge in [0.05, 0.1) is 25.0 Å². The van der Waals surface area contributed by atoms with Gasteiger partial charge in [-0.2, -0.15) is 0 Å². The Labute approximate surface area is 123 Å². The predicted molar refractivity (Wildman–Crippen MR) is 72.2 cm³/mol. The van der Waals surface area contributed by atoms with Crippen LogP contribution in [0, 0.1) is 5.92 Å². The van der Waals surface area contributed by atoms with Crippen LogP contribution in [0.1, 0.15) is 32.0 Å². The minimum Gasteiger partial charge on any atom is -0.396 e. The number of rotatable bonds is 5. The molecule has 0 saturated heterocycles. The van der Waals surface area contributed by atoms with E-state index in [1.807, 2.05) is 13.8 Å². The lowest BCUT2D eigenvalue weighted by molar-refractivity contribution is -0.181. The number of ether oxygens (including phenoxy) is 1. The Morgan fingerprint density at radius 3 is 2.57 bits per heavy atom. The first-order valence-electron chi connectivity index (χ1n) is 7.11. The Hall–Kier alpha value is -1.06. The van der Waals surface area contributed by atoms with Gasteiger partial charge in [0.25, 0.3) is 0 Å². The summed E-state index contributed by atoms with van der Waals surface area (Å²) in [7, 11) is 0. The van der Waals surface area contributed by atoms with E-state index in [0.717, 1.165) is 0 Å². The molecule has 0 unspecified atom stereocenters. The van der Waals surface area contributed by atoms with Gasteiger partial charge in [0.1, 0.15) is 17.9 Å². The van der Waals surface area contributed by atoms with Gasteiger partial charge in [-0.1, -0.05) is 5.21 Å². The molecule has 1 saturated carbocycles. The van der Waals surface area contributed by atoms with Crippen LogP contribution in [0.3, 0.4) is 0 Å². The van der Waals surface area contributed by atoms with E-state index in [-0.39, 0.29) is 25.7 Å². The van der Waals surface area contributed by atoms with Crippen molar-refractivity contribution >= 4 is 0 Å². The predicted octanol–water partition coefficient (Wildman–Crippen LogP) is -1.16. The normalized spacial score (nSPS) is 33.6. The van der Waals surface area contributed by atoms with E-state index in [0.29, 0.717) is 5.69 Å². The fourth-order valence-corrected chi connectivity index (χ4v) is 2.45. The van der Waals surface area contributed by atoms with Gasteiger partial charge >= 0.3 is 0 Å². The second kappa shape index (κ2) is 6.80. The van der Waals surface area contributed by atoms with Gasteiger partial charge in [-0.05, 0) is 20.3 Å². The Bertz CT molecular complexity index is 451. The molecule has 0 bridgehead atoms. The topological polar surface area (TPSA) is 121 Å². The van der Waals surface area contributed by atoms with Crippen LogP contribution in [-0.4, -0.2) is 66.4 Å². The van der Waals surface area contributed by atoms with Crippen molar-refractivity contribution < 1.29 is 25.2 Å². The monoisotopic (exact) mass is 301 g/mol. The van der Waals surface area contributed by atoms with E-state index in [9.17, 15) is 20.4 Å². The van der Waals surface area contributed by atoms with Crippen LogP contribution in [0.5, 0.6) is 0 Å². The van der Waals surface area contributed by atoms with Crippen LogP contribution in [0.25, 0.3) is 0 Å². The summed E-state index contributed by atoms with van der Waals surface area (Å²) in [6, 6.07) is 0.197. The first kappa shape index (κ1) is 16.3. The van der Waals surface area contributed by atoms with Gasteiger partial charge in [-0.15, -0.1) is 5.10 Å². The number of nitrogens with zero attached hydrogens (tertiary/aromatic N) is 3. The molecule has 0 amide bonds. The maximum atomic E-state index is 9.93. The molecular weight excluding hydrogens is 278 g/mol. The highest BCUT2D eigenvalue weighted by Crippen LogP contribution is 2.28. The van der Waals surface area contributed by atoms with Gasteiger partial charge in [0, 0.05) is 18.6 Å². The van der Waals surface area contributed by atoms with E-state index in [1.54, 1.807) is 10.9 Å². The largest absolute Gasteiger partial charge is 0.396 e. The molecule has 1 aliphatic carbocycles. The molecule has 8 nitrogen and oxygen atoms in total. The molecule has 0 aliphatic heterocycles. The van der Waals surface area contributed by atoms with Crippen LogP contribution in [0.4, 0.5) is 0 Å². The molecule has 1 aromatic heterocycles. The summed E-state index contributed by atoms with van der Waals surface area (Å²) in [4.78, 5) is 0. The lowest BCUT2D eigenvalue weighted by Crippen LogP contribution is -2.55. The quantitative estimate of drug-likeness (QED) is 0.541. The van der Waals surface area contributed by atoms with Gasteiger partial charge in [-0.25, -0.2) is 4.68 Å². The van der Waals surface area contributed by atoms with Crippen molar-refractivity contribution in [2.24, 2.45) is 5.92 Å². The fraction of sp³-hybridized carbons (Fsp3) is 0.846. The minimum atomic E-state index is -1.33. The third kappa shape index (κ3) is 3.58. The second-order valence-electron chi connectivity index (χ2n) is 5.78. The van der Waals surface area contributed by atoms with Crippen molar-refractivity contribution in [1.82, 2.24) is 15.0 Å². The number of aliphatic hydroxyl groups excluding tert-OH is 4. The third-order valence-corrected chi connectivity index (χ3v) is 3.87. The van der Waals surface area contributed by atoms with E-state index < -0.39 is 30.3 Å². The molecule has 8 heteroatoms. The maximum Gasteiger partial charge on any atom is 0.109 e. The van der Waals surface area contributed by atoms with E-state index in [2.05, 4.69) is 10.3 Å². The molecule has 5 atom stereocenters.